The van der Waals surface area contributed by atoms with E-state index in [1.54, 1.807) is 6.07 Å². The zero-order valence-corrected chi connectivity index (χ0v) is 11.8. The predicted molar refractivity (Wildman–Crippen MR) is 77.4 cm³/mol. The third-order valence-electron chi connectivity index (χ3n) is 2.94. The van der Waals surface area contributed by atoms with Crippen LogP contribution < -0.4 is 0 Å². The summed E-state index contributed by atoms with van der Waals surface area (Å²) in [6.07, 6.45) is -2.47. The molecule has 4 nitrogen and oxygen atoms in total. The van der Waals surface area contributed by atoms with Crippen LogP contribution in [0.3, 0.4) is 0 Å². The minimum Gasteiger partial charge on any atom is -0.469 e. The second-order valence-corrected chi connectivity index (χ2v) is 5.48. The van der Waals surface area contributed by atoms with Crippen molar-refractivity contribution in [1.82, 2.24) is 0 Å². The Morgan fingerprint density at radius 3 is 2.55 bits per heavy atom. The summed E-state index contributed by atoms with van der Waals surface area (Å²) in [5, 5.41) is 19.9. The van der Waals surface area contributed by atoms with Gasteiger partial charge in [0.15, 0.2) is 0 Å². The molecule has 0 aliphatic carbocycles. The van der Waals surface area contributed by atoms with Crippen molar-refractivity contribution in [3.63, 3.8) is 0 Å². The first-order chi connectivity index (χ1) is 9.61. The van der Waals surface area contributed by atoms with Gasteiger partial charge in [-0.3, -0.25) is 4.79 Å². The van der Waals surface area contributed by atoms with Crippen LogP contribution in [0.4, 0.5) is 0 Å². The van der Waals surface area contributed by atoms with Gasteiger partial charge in [0, 0.05) is 9.75 Å². The van der Waals surface area contributed by atoms with Gasteiger partial charge in [0.2, 0.25) is 0 Å². The maximum absolute atomic E-state index is 11.1. The number of esters is 1. The van der Waals surface area contributed by atoms with Gasteiger partial charge in [-0.25, -0.2) is 0 Å². The molecule has 2 N–H and O–H groups in total. The third kappa shape index (κ3) is 3.45. The molecule has 5 heteroatoms. The zero-order chi connectivity index (χ0) is 14.5. The smallest absolute Gasteiger partial charge is 0.308 e. The highest BCUT2D eigenvalue weighted by molar-refractivity contribution is 7.15. The lowest BCUT2D eigenvalue weighted by Gasteiger charge is -2.15. The minimum absolute atomic E-state index is 0.226. The molecule has 2 rings (SSSR count). The molecule has 0 saturated carbocycles. The van der Waals surface area contributed by atoms with Crippen LogP contribution in [-0.2, 0) is 9.53 Å². The molecule has 0 fully saturated rings. The molecule has 0 bridgehead atoms. The quantitative estimate of drug-likeness (QED) is 0.830. The van der Waals surface area contributed by atoms with Crippen LogP contribution >= 0.6 is 11.3 Å². The van der Waals surface area contributed by atoms with Gasteiger partial charge >= 0.3 is 5.97 Å². The molecular weight excluding hydrogens is 276 g/mol. The van der Waals surface area contributed by atoms with E-state index in [2.05, 4.69) is 4.74 Å². The molecule has 0 aliphatic rings. The fourth-order valence-corrected chi connectivity index (χ4v) is 2.88. The van der Waals surface area contributed by atoms with Crippen molar-refractivity contribution in [2.24, 2.45) is 0 Å². The molecule has 0 amide bonds. The molecule has 0 radical (unpaired) electrons. The molecule has 2 atom stereocenters. The van der Waals surface area contributed by atoms with Gasteiger partial charge in [-0.1, -0.05) is 30.3 Å². The summed E-state index contributed by atoms with van der Waals surface area (Å²) < 4.78 is 4.47. The fourth-order valence-electron chi connectivity index (χ4n) is 1.82. The summed E-state index contributed by atoms with van der Waals surface area (Å²) >= 11 is 1.39. The van der Waals surface area contributed by atoms with E-state index in [0.29, 0.717) is 4.88 Å². The van der Waals surface area contributed by atoms with Crippen molar-refractivity contribution in [3.8, 4) is 10.4 Å². The number of carbonyl (C=O) groups excluding carboxylic acids is 1. The van der Waals surface area contributed by atoms with Crippen molar-refractivity contribution >= 4 is 17.3 Å². The molecule has 2 unspecified atom stereocenters. The van der Waals surface area contributed by atoms with Crippen LogP contribution in [0.15, 0.2) is 42.5 Å². The second kappa shape index (κ2) is 6.65. The highest BCUT2D eigenvalue weighted by Crippen LogP contribution is 2.33. The van der Waals surface area contributed by atoms with E-state index in [9.17, 15) is 15.0 Å². The molecule has 0 saturated heterocycles. The van der Waals surface area contributed by atoms with E-state index in [1.807, 2.05) is 36.4 Å². The Hall–Kier alpha value is -1.69. The van der Waals surface area contributed by atoms with Crippen LogP contribution in [0, 0.1) is 0 Å². The lowest BCUT2D eigenvalue weighted by Crippen LogP contribution is -2.21. The van der Waals surface area contributed by atoms with E-state index in [0.717, 1.165) is 10.4 Å². The SMILES string of the molecule is COC(=O)CC(O)C(O)c1ccc(-c2ccccc2)s1. The van der Waals surface area contributed by atoms with Crippen molar-refractivity contribution in [2.45, 2.75) is 18.6 Å². The standard InChI is InChI=1S/C15H16O4S/c1-19-14(17)9-11(16)15(18)13-8-7-12(20-13)10-5-3-2-4-6-10/h2-8,11,15-16,18H,9H2,1H3. The van der Waals surface area contributed by atoms with Crippen molar-refractivity contribution < 1.29 is 19.7 Å². The minimum atomic E-state index is -1.16. The Balaban J connectivity index is 2.10. The van der Waals surface area contributed by atoms with Crippen LogP contribution in [0.1, 0.15) is 17.4 Å². The van der Waals surface area contributed by atoms with Crippen LogP contribution in [-0.4, -0.2) is 29.4 Å². The number of ether oxygens (including phenoxy) is 1. The van der Waals surface area contributed by atoms with E-state index >= 15 is 0 Å². The van der Waals surface area contributed by atoms with E-state index in [-0.39, 0.29) is 6.42 Å². The number of rotatable bonds is 5. The number of aliphatic hydroxyl groups excluding tert-OH is 2. The van der Waals surface area contributed by atoms with Gasteiger partial charge in [0.05, 0.1) is 19.6 Å². The summed E-state index contributed by atoms with van der Waals surface area (Å²) in [4.78, 5) is 12.7. The third-order valence-corrected chi connectivity index (χ3v) is 4.15. The normalized spacial score (nSPS) is 13.8. The predicted octanol–water partition coefficient (Wildman–Crippen LogP) is 2.37. The van der Waals surface area contributed by atoms with E-state index < -0.39 is 18.2 Å². The topological polar surface area (TPSA) is 66.8 Å². The number of carbonyl (C=O) groups is 1. The molecule has 0 aliphatic heterocycles. The Kier molecular flexibility index (Phi) is 4.89. The largest absolute Gasteiger partial charge is 0.469 e. The zero-order valence-electron chi connectivity index (χ0n) is 11.0. The summed E-state index contributed by atoms with van der Waals surface area (Å²) in [5.41, 5.74) is 1.05. The van der Waals surface area contributed by atoms with Crippen molar-refractivity contribution in [2.75, 3.05) is 7.11 Å². The van der Waals surface area contributed by atoms with E-state index in [4.69, 9.17) is 0 Å². The number of benzene rings is 1. The van der Waals surface area contributed by atoms with Crippen molar-refractivity contribution in [3.05, 3.63) is 47.3 Å². The fraction of sp³-hybridized carbons (Fsp3) is 0.267. The molecule has 106 valence electrons. The maximum atomic E-state index is 11.1. The van der Waals surface area contributed by atoms with E-state index in [1.165, 1.54) is 18.4 Å². The van der Waals surface area contributed by atoms with Gasteiger partial charge < -0.3 is 14.9 Å². The second-order valence-electron chi connectivity index (χ2n) is 4.36. The molecule has 1 heterocycles. The van der Waals surface area contributed by atoms with Gasteiger partial charge in [0.1, 0.15) is 6.10 Å². The van der Waals surface area contributed by atoms with Gasteiger partial charge in [0.25, 0.3) is 0 Å². The Morgan fingerprint density at radius 1 is 1.20 bits per heavy atom. The summed E-state index contributed by atoms with van der Waals surface area (Å²) in [5.74, 6) is -0.545. The Morgan fingerprint density at radius 2 is 1.90 bits per heavy atom. The van der Waals surface area contributed by atoms with Gasteiger partial charge in [-0.2, -0.15) is 0 Å². The van der Waals surface area contributed by atoms with Gasteiger partial charge in [-0.15, -0.1) is 11.3 Å². The number of hydrogen-bond acceptors (Lipinski definition) is 5. The molecular formula is C15H16O4S. The molecule has 20 heavy (non-hydrogen) atoms. The Bertz CT molecular complexity index is 564. The first-order valence-electron chi connectivity index (χ1n) is 6.20. The van der Waals surface area contributed by atoms with Crippen LogP contribution in [0.2, 0.25) is 0 Å². The lowest BCUT2D eigenvalue weighted by atomic mass is 10.1. The maximum Gasteiger partial charge on any atom is 0.308 e. The molecule has 2 aromatic rings. The van der Waals surface area contributed by atoms with Crippen LogP contribution in [0.25, 0.3) is 10.4 Å². The molecule has 0 spiro atoms. The number of thiophene rings is 1. The van der Waals surface area contributed by atoms with Crippen molar-refractivity contribution in [1.29, 1.82) is 0 Å². The summed E-state index contributed by atoms with van der Waals surface area (Å²) in [6, 6.07) is 13.4. The summed E-state index contributed by atoms with van der Waals surface area (Å²) in [7, 11) is 1.25. The Labute approximate surface area is 121 Å². The van der Waals surface area contributed by atoms with Gasteiger partial charge in [-0.05, 0) is 17.7 Å². The lowest BCUT2D eigenvalue weighted by molar-refractivity contribution is -0.144. The van der Waals surface area contributed by atoms with Crippen LogP contribution in [0.5, 0.6) is 0 Å². The average Bonchev–Trinajstić information content (AvgIpc) is 2.97. The number of aliphatic hydroxyl groups is 2. The first-order valence-corrected chi connectivity index (χ1v) is 7.01. The summed E-state index contributed by atoms with van der Waals surface area (Å²) in [6.45, 7) is 0. The molecule has 1 aromatic heterocycles. The highest BCUT2D eigenvalue weighted by atomic mass is 32.1. The first kappa shape index (κ1) is 14.7. The average molecular weight is 292 g/mol. The number of hydrogen-bond donors (Lipinski definition) is 2. The molecule has 1 aromatic carbocycles. The number of methoxy groups -OCH3 is 1. The highest BCUT2D eigenvalue weighted by Gasteiger charge is 2.23. The monoisotopic (exact) mass is 292 g/mol.